The van der Waals surface area contributed by atoms with E-state index < -0.39 is 0 Å². The van der Waals surface area contributed by atoms with Gasteiger partial charge in [0, 0.05) is 24.9 Å². The average molecular weight is 211 g/mol. The van der Waals surface area contributed by atoms with Crippen molar-refractivity contribution in [1.29, 1.82) is 0 Å². The molecule has 0 aromatic heterocycles. The summed E-state index contributed by atoms with van der Waals surface area (Å²) in [6.45, 7) is 2.21. The molecule has 0 aromatic rings. The monoisotopic (exact) mass is 211 g/mol. The van der Waals surface area contributed by atoms with E-state index in [-0.39, 0.29) is 12.5 Å². The van der Waals surface area contributed by atoms with Gasteiger partial charge in [0.2, 0.25) is 0 Å². The Morgan fingerprint density at radius 2 is 2.13 bits per heavy atom. The maximum atomic E-state index is 11.7. The number of carbonyl (C=O) groups excluding carboxylic acids is 1. The average Bonchev–Trinajstić information content (AvgIpc) is 2.69. The van der Waals surface area contributed by atoms with E-state index in [1.165, 1.54) is 12.8 Å². The van der Waals surface area contributed by atoms with Crippen LogP contribution in [0.15, 0.2) is 0 Å². The molecule has 1 heterocycles. The fourth-order valence-corrected chi connectivity index (χ4v) is 2.87. The van der Waals surface area contributed by atoms with Crippen LogP contribution in [0.4, 0.5) is 0 Å². The van der Waals surface area contributed by atoms with E-state index in [2.05, 4.69) is 4.90 Å². The SMILES string of the molecule is O=C1CCCCC1CN1CCCC1CO. The highest BCUT2D eigenvalue weighted by atomic mass is 16.3. The van der Waals surface area contributed by atoms with Crippen LogP contribution in [0.3, 0.4) is 0 Å². The third-order valence-electron chi connectivity index (χ3n) is 3.85. The normalized spacial score (nSPS) is 33.5. The lowest BCUT2D eigenvalue weighted by atomic mass is 9.87. The lowest BCUT2D eigenvalue weighted by Gasteiger charge is -2.29. The van der Waals surface area contributed by atoms with Crippen molar-refractivity contribution < 1.29 is 9.90 Å². The van der Waals surface area contributed by atoms with Crippen LogP contribution in [0.1, 0.15) is 38.5 Å². The van der Waals surface area contributed by atoms with Crippen LogP contribution in [0.25, 0.3) is 0 Å². The summed E-state index contributed by atoms with van der Waals surface area (Å²) < 4.78 is 0. The molecule has 2 aliphatic rings. The number of hydrogen-bond acceptors (Lipinski definition) is 3. The van der Waals surface area contributed by atoms with Gasteiger partial charge < -0.3 is 5.11 Å². The van der Waals surface area contributed by atoms with Gasteiger partial charge in [-0.25, -0.2) is 0 Å². The van der Waals surface area contributed by atoms with Crippen LogP contribution in [-0.2, 0) is 4.79 Å². The van der Waals surface area contributed by atoms with Crippen molar-refractivity contribution in [2.45, 2.75) is 44.6 Å². The molecule has 1 aliphatic heterocycles. The highest BCUT2D eigenvalue weighted by molar-refractivity contribution is 5.81. The Kier molecular flexibility index (Phi) is 3.76. The first kappa shape index (κ1) is 11.1. The summed E-state index contributed by atoms with van der Waals surface area (Å²) in [7, 11) is 0. The van der Waals surface area contributed by atoms with Crippen molar-refractivity contribution in [2.75, 3.05) is 19.7 Å². The van der Waals surface area contributed by atoms with Gasteiger partial charge in [-0.1, -0.05) is 6.42 Å². The van der Waals surface area contributed by atoms with E-state index in [0.717, 1.165) is 38.8 Å². The summed E-state index contributed by atoms with van der Waals surface area (Å²) >= 11 is 0. The number of likely N-dealkylation sites (tertiary alicyclic amines) is 1. The molecule has 1 saturated carbocycles. The predicted octanol–water partition coefficient (Wildman–Crippen LogP) is 1.20. The maximum absolute atomic E-state index is 11.7. The van der Waals surface area contributed by atoms with Crippen LogP contribution in [0.2, 0.25) is 0 Å². The quantitative estimate of drug-likeness (QED) is 0.762. The largest absolute Gasteiger partial charge is 0.395 e. The summed E-state index contributed by atoms with van der Waals surface area (Å²) in [4.78, 5) is 14.0. The number of aliphatic hydroxyl groups excluding tert-OH is 1. The number of aliphatic hydroxyl groups is 1. The van der Waals surface area contributed by atoms with Crippen molar-refractivity contribution in [2.24, 2.45) is 5.92 Å². The van der Waals surface area contributed by atoms with Crippen LogP contribution in [0, 0.1) is 5.92 Å². The van der Waals surface area contributed by atoms with Crippen LogP contribution in [0.5, 0.6) is 0 Å². The Labute approximate surface area is 91.5 Å². The van der Waals surface area contributed by atoms with Gasteiger partial charge in [-0.3, -0.25) is 9.69 Å². The van der Waals surface area contributed by atoms with E-state index in [4.69, 9.17) is 0 Å². The standard InChI is InChI=1S/C12H21NO2/c14-9-11-5-3-7-13(11)8-10-4-1-2-6-12(10)15/h10-11,14H,1-9H2. The topological polar surface area (TPSA) is 40.5 Å². The Morgan fingerprint density at radius 3 is 2.87 bits per heavy atom. The fourth-order valence-electron chi connectivity index (χ4n) is 2.87. The molecule has 2 atom stereocenters. The van der Waals surface area contributed by atoms with Gasteiger partial charge in [0.05, 0.1) is 6.61 Å². The molecule has 3 heteroatoms. The first-order valence-corrected chi connectivity index (χ1v) is 6.19. The molecule has 1 N–H and O–H groups in total. The first-order chi connectivity index (χ1) is 7.31. The number of hydrogen-bond donors (Lipinski definition) is 1. The molecule has 1 saturated heterocycles. The van der Waals surface area contributed by atoms with Gasteiger partial charge in [0.25, 0.3) is 0 Å². The van der Waals surface area contributed by atoms with E-state index in [0.29, 0.717) is 11.8 Å². The second-order valence-electron chi connectivity index (χ2n) is 4.88. The Hall–Kier alpha value is -0.410. The fraction of sp³-hybridized carbons (Fsp3) is 0.917. The Bertz CT molecular complexity index is 230. The molecule has 0 bridgehead atoms. The third-order valence-corrected chi connectivity index (χ3v) is 3.85. The van der Waals surface area contributed by atoms with E-state index in [1.54, 1.807) is 0 Å². The summed E-state index contributed by atoms with van der Waals surface area (Å²) in [6.07, 6.45) is 6.39. The van der Waals surface area contributed by atoms with Crippen LogP contribution in [-0.4, -0.2) is 41.5 Å². The van der Waals surface area contributed by atoms with Crippen molar-refractivity contribution in [3.8, 4) is 0 Å². The highest BCUT2D eigenvalue weighted by Crippen LogP contribution is 2.25. The zero-order chi connectivity index (χ0) is 10.7. The van der Waals surface area contributed by atoms with Crippen molar-refractivity contribution in [3.05, 3.63) is 0 Å². The van der Waals surface area contributed by atoms with Gasteiger partial charge in [0.1, 0.15) is 5.78 Å². The summed E-state index contributed by atoms with van der Waals surface area (Å²) in [5, 5.41) is 9.21. The summed E-state index contributed by atoms with van der Waals surface area (Å²) in [5.41, 5.74) is 0. The molecule has 15 heavy (non-hydrogen) atoms. The number of Topliss-reactive ketones (excluding diaryl/α,β-unsaturated/α-hetero) is 1. The molecule has 0 spiro atoms. The van der Waals surface area contributed by atoms with Gasteiger partial charge in [0.15, 0.2) is 0 Å². The van der Waals surface area contributed by atoms with E-state index >= 15 is 0 Å². The van der Waals surface area contributed by atoms with Gasteiger partial charge >= 0.3 is 0 Å². The van der Waals surface area contributed by atoms with Crippen LogP contribution >= 0.6 is 0 Å². The van der Waals surface area contributed by atoms with Gasteiger partial charge in [-0.15, -0.1) is 0 Å². The van der Waals surface area contributed by atoms with Gasteiger partial charge in [-0.05, 0) is 32.2 Å². The van der Waals surface area contributed by atoms with Crippen molar-refractivity contribution in [3.63, 3.8) is 0 Å². The smallest absolute Gasteiger partial charge is 0.137 e. The first-order valence-electron chi connectivity index (χ1n) is 6.19. The van der Waals surface area contributed by atoms with Gasteiger partial charge in [-0.2, -0.15) is 0 Å². The second kappa shape index (κ2) is 5.08. The molecule has 0 radical (unpaired) electrons. The number of nitrogens with zero attached hydrogens (tertiary/aromatic N) is 1. The van der Waals surface area contributed by atoms with Crippen LogP contribution < -0.4 is 0 Å². The Balaban J connectivity index is 1.86. The summed E-state index contributed by atoms with van der Waals surface area (Å²) in [5.74, 6) is 0.704. The molecule has 0 aromatic carbocycles. The number of carbonyl (C=O) groups is 1. The minimum absolute atomic E-state index is 0.251. The number of ketones is 1. The molecular weight excluding hydrogens is 190 g/mol. The lowest BCUT2D eigenvalue weighted by Crippen LogP contribution is -2.39. The molecule has 3 nitrogen and oxygen atoms in total. The zero-order valence-corrected chi connectivity index (χ0v) is 9.32. The highest BCUT2D eigenvalue weighted by Gasteiger charge is 2.29. The number of rotatable bonds is 3. The van der Waals surface area contributed by atoms with E-state index in [1.807, 2.05) is 0 Å². The Morgan fingerprint density at radius 1 is 1.27 bits per heavy atom. The minimum atomic E-state index is 0.251. The molecule has 1 aliphatic carbocycles. The van der Waals surface area contributed by atoms with Crippen molar-refractivity contribution in [1.82, 2.24) is 4.90 Å². The minimum Gasteiger partial charge on any atom is -0.395 e. The molecule has 2 fully saturated rings. The zero-order valence-electron chi connectivity index (χ0n) is 9.32. The molecule has 86 valence electrons. The molecule has 2 rings (SSSR count). The van der Waals surface area contributed by atoms with Crippen molar-refractivity contribution >= 4 is 5.78 Å². The molecule has 2 unspecified atom stereocenters. The molecular formula is C12H21NO2. The summed E-state index contributed by atoms with van der Waals surface area (Å²) in [6, 6.07) is 0.319. The maximum Gasteiger partial charge on any atom is 0.137 e. The predicted molar refractivity (Wildman–Crippen MR) is 58.6 cm³/mol. The lowest BCUT2D eigenvalue weighted by molar-refractivity contribution is -0.125. The third kappa shape index (κ3) is 2.58. The van der Waals surface area contributed by atoms with E-state index in [9.17, 15) is 9.90 Å². The second-order valence-corrected chi connectivity index (χ2v) is 4.88. The molecule has 0 amide bonds.